The fraction of sp³-hybridized carbons (Fsp3) is 0.318. The molecule has 0 saturated carbocycles. The minimum Gasteiger partial charge on any atom is -0.481 e. The molecule has 0 bridgehead atoms. The second kappa shape index (κ2) is 8.66. The average molecular weight is 466 g/mol. The standard InChI is InChI=1S/C22H23N7O3S/c1-13(2)19-25-20(32-27-19)28-9-6-15(7-10-28)14(3)31-22-26-29-12-17(24-21(29)33-22)16-5-8-23-18(11-16)30-4/h5-9,11-14H,10H2,1-4H3/t14-/m0/s1. The predicted octanol–water partition coefficient (Wildman–Crippen LogP) is 4.10. The number of methoxy groups -OCH3 is 1. The molecule has 0 fully saturated rings. The number of nitrogens with zero attached hydrogens (tertiary/aromatic N) is 7. The summed E-state index contributed by atoms with van der Waals surface area (Å²) in [6, 6.07) is 4.22. The van der Waals surface area contributed by atoms with E-state index in [0.717, 1.165) is 21.8 Å². The van der Waals surface area contributed by atoms with E-state index in [1.165, 1.54) is 11.3 Å². The lowest BCUT2D eigenvalue weighted by Gasteiger charge is -2.21. The summed E-state index contributed by atoms with van der Waals surface area (Å²) in [5, 5.41) is 9.10. The first-order valence-corrected chi connectivity index (χ1v) is 11.3. The molecule has 4 aromatic rings. The van der Waals surface area contributed by atoms with Crippen LogP contribution in [0.2, 0.25) is 0 Å². The molecule has 1 aliphatic rings. The molecule has 0 saturated heterocycles. The average Bonchev–Trinajstić information content (AvgIpc) is 3.54. The van der Waals surface area contributed by atoms with Crippen molar-refractivity contribution in [2.24, 2.45) is 0 Å². The molecule has 170 valence electrons. The molecule has 0 aliphatic carbocycles. The largest absolute Gasteiger partial charge is 0.481 e. The number of hydrogen-bond acceptors (Lipinski definition) is 10. The first-order chi connectivity index (χ1) is 16.0. The number of fused-ring (bicyclic) bond motifs is 1. The van der Waals surface area contributed by atoms with Crippen LogP contribution in [0.5, 0.6) is 11.1 Å². The van der Waals surface area contributed by atoms with Crippen molar-refractivity contribution >= 4 is 22.3 Å². The van der Waals surface area contributed by atoms with Crippen molar-refractivity contribution in [2.45, 2.75) is 32.8 Å². The van der Waals surface area contributed by atoms with Crippen molar-refractivity contribution in [1.82, 2.24) is 29.7 Å². The SMILES string of the molecule is COc1cc(-c2cn3nc(O[C@@H](C)C4=CCN(c5nc(C(C)C)no5)C=C4)sc3n2)ccn1. The summed E-state index contributed by atoms with van der Waals surface area (Å²) in [4.78, 5) is 15.9. The zero-order chi connectivity index (χ0) is 22.9. The molecule has 0 unspecified atom stereocenters. The number of pyridine rings is 1. The van der Waals surface area contributed by atoms with E-state index in [1.54, 1.807) is 17.8 Å². The molecule has 11 heteroatoms. The highest BCUT2D eigenvalue weighted by atomic mass is 32.1. The van der Waals surface area contributed by atoms with E-state index in [1.807, 2.05) is 56.3 Å². The third-order valence-electron chi connectivity index (χ3n) is 5.18. The highest BCUT2D eigenvalue weighted by Gasteiger charge is 2.20. The molecule has 0 N–H and O–H groups in total. The van der Waals surface area contributed by atoms with Crippen LogP contribution < -0.4 is 14.4 Å². The number of hydrogen-bond donors (Lipinski definition) is 0. The molecule has 5 heterocycles. The van der Waals surface area contributed by atoms with Crippen molar-refractivity contribution in [3.63, 3.8) is 0 Å². The zero-order valence-electron chi connectivity index (χ0n) is 18.7. The Hall–Kier alpha value is -3.73. The summed E-state index contributed by atoms with van der Waals surface area (Å²) in [6.07, 6.45) is 9.39. The molecule has 0 spiro atoms. The molecular weight excluding hydrogens is 442 g/mol. The summed E-state index contributed by atoms with van der Waals surface area (Å²) in [5.41, 5.74) is 2.76. The Morgan fingerprint density at radius 3 is 2.79 bits per heavy atom. The van der Waals surface area contributed by atoms with Crippen molar-refractivity contribution < 1.29 is 14.0 Å². The van der Waals surface area contributed by atoms with E-state index < -0.39 is 0 Å². The van der Waals surface area contributed by atoms with Gasteiger partial charge in [0.05, 0.1) is 19.0 Å². The van der Waals surface area contributed by atoms with Crippen molar-refractivity contribution in [3.8, 4) is 22.3 Å². The Labute approximate surface area is 194 Å². The van der Waals surface area contributed by atoms with Crippen molar-refractivity contribution in [2.75, 3.05) is 18.6 Å². The molecule has 0 radical (unpaired) electrons. The molecule has 1 aliphatic heterocycles. The summed E-state index contributed by atoms with van der Waals surface area (Å²) in [6.45, 7) is 6.68. The second-order valence-electron chi connectivity index (χ2n) is 7.83. The van der Waals surface area contributed by atoms with Gasteiger partial charge in [0.1, 0.15) is 6.10 Å². The molecule has 0 amide bonds. The number of anilines is 1. The van der Waals surface area contributed by atoms with Gasteiger partial charge in [-0.15, -0.1) is 5.10 Å². The molecular formula is C22H23N7O3S. The van der Waals surface area contributed by atoms with Gasteiger partial charge in [-0.1, -0.05) is 25.1 Å². The highest BCUT2D eigenvalue weighted by molar-refractivity contribution is 7.18. The lowest BCUT2D eigenvalue weighted by molar-refractivity contribution is 0.256. The van der Waals surface area contributed by atoms with Crippen LogP contribution in [0.25, 0.3) is 16.2 Å². The van der Waals surface area contributed by atoms with Crippen LogP contribution in [0.1, 0.15) is 32.5 Å². The number of rotatable bonds is 7. The van der Waals surface area contributed by atoms with Crippen LogP contribution in [0.4, 0.5) is 6.01 Å². The molecule has 5 rings (SSSR count). The summed E-state index contributed by atoms with van der Waals surface area (Å²) < 4.78 is 18.4. The van der Waals surface area contributed by atoms with E-state index in [4.69, 9.17) is 14.0 Å². The molecule has 0 aromatic carbocycles. The van der Waals surface area contributed by atoms with Crippen LogP contribution in [-0.2, 0) is 0 Å². The Morgan fingerprint density at radius 2 is 2.09 bits per heavy atom. The first kappa shape index (κ1) is 21.1. The maximum Gasteiger partial charge on any atom is 0.328 e. The van der Waals surface area contributed by atoms with Gasteiger partial charge in [-0.3, -0.25) is 4.90 Å². The van der Waals surface area contributed by atoms with Crippen LogP contribution in [0.15, 0.2) is 53.0 Å². The van der Waals surface area contributed by atoms with Gasteiger partial charge in [0, 0.05) is 36.5 Å². The monoisotopic (exact) mass is 465 g/mol. The number of aromatic nitrogens is 6. The zero-order valence-corrected chi connectivity index (χ0v) is 19.5. The van der Waals surface area contributed by atoms with Gasteiger partial charge in [0.25, 0.3) is 5.19 Å². The Bertz CT molecular complexity index is 1310. The van der Waals surface area contributed by atoms with Crippen LogP contribution in [-0.4, -0.2) is 49.5 Å². The smallest absolute Gasteiger partial charge is 0.328 e. The topological polar surface area (TPSA) is 104 Å². The highest BCUT2D eigenvalue weighted by Crippen LogP contribution is 2.29. The third-order valence-corrected chi connectivity index (χ3v) is 5.99. The maximum absolute atomic E-state index is 6.08. The van der Waals surface area contributed by atoms with Gasteiger partial charge >= 0.3 is 6.01 Å². The number of imidazole rings is 1. The van der Waals surface area contributed by atoms with Gasteiger partial charge in [-0.25, -0.2) is 14.5 Å². The van der Waals surface area contributed by atoms with E-state index in [2.05, 4.69) is 31.3 Å². The van der Waals surface area contributed by atoms with Gasteiger partial charge in [0.15, 0.2) is 5.82 Å². The van der Waals surface area contributed by atoms with Crippen LogP contribution >= 0.6 is 11.3 Å². The minimum atomic E-state index is -0.169. The Balaban J connectivity index is 1.24. The quantitative estimate of drug-likeness (QED) is 0.399. The van der Waals surface area contributed by atoms with Gasteiger partial charge in [-0.2, -0.15) is 4.98 Å². The Kier molecular flexibility index (Phi) is 5.55. The summed E-state index contributed by atoms with van der Waals surface area (Å²) in [5.74, 6) is 1.46. The van der Waals surface area contributed by atoms with Crippen molar-refractivity contribution in [1.29, 1.82) is 0 Å². The molecule has 1 atom stereocenters. The van der Waals surface area contributed by atoms with Gasteiger partial charge in [-0.05, 0) is 36.0 Å². The first-order valence-electron chi connectivity index (χ1n) is 10.5. The minimum absolute atomic E-state index is 0.169. The molecule has 33 heavy (non-hydrogen) atoms. The van der Waals surface area contributed by atoms with Crippen molar-refractivity contribution in [3.05, 3.63) is 54.3 Å². The predicted molar refractivity (Wildman–Crippen MR) is 124 cm³/mol. The van der Waals surface area contributed by atoms with E-state index in [-0.39, 0.29) is 12.0 Å². The fourth-order valence-electron chi connectivity index (χ4n) is 3.30. The van der Waals surface area contributed by atoms with E-state index in [9.17, 15) is 0 Å². The maximum atomic E-state index is 6.08. The Morgan fingerprint density at radius 1 is 1.21 bits per heavy atom. The van der Waals surface area contributed by atoms with Crippen LogP contribution in [0.3, 0.4) is 0 Å². The van der Waals surface area contributed by atoms with Gasteiger partial charge in [0.2, 0.25) is 10.8 Å². The normalized spacial score (nSPS) is 14.7. The fourth-order valence-corrected chi connectivity index (χ4v) is 4.11. The summed E-state index contributed by atoms with van der Waals surface area (Å²) in [7, 11) is 1.59. The second-order valence-corrected chi connectivity index (χ2v) is 8.75. The van der Waals surface area contributed by atoms with Gasteiger partial charge < -0.3 is 14.0 Å². The lowest BCUT2D eigenvalue weighted by atomic mass is 10.1. The van der Waals surface area contributed by atoms with Crippen LogP contribution in [0, 0.1) is 0 Å². The third kappa shape index (κ3) is 4.31. The van der Waals surface area contributed by atoms with E-state index >= 15 is 0 Å². The molecule has 4 aromatic heterocycles. The number of ether oxygens (including phenoxy) is 2. The molecule has 10 nitrogen and oxygen atoms in total. The lowest BCUT2D eigenvalue weighted by Crippen LogP contribution is -2.23. The van der Waals surface area contributed by atoms with E-state index in [0.29, 0.717) is 29.5 Å². The summed E-state index contributed by atoms with van der Waals surface area (Å²) >= 11 is 1.39.